The lowest BCUT2D eigenvalue weighted by Gasteiger charge is -2.16. The lowest BCUT2D eigenvalue weighted by atomic mass is 10.1. The Morgan fingerprint density at radius 3 is 2.46 bits per heavy atom. The summed E-state index contributed by atoms with van der Waals surface area (Å²) in [5.74, 6) is -0.566. The van der Waals surface area contributed by atoms with E-state index in [0.717, 1.165) is 51.4 Å². The first kappa shape index (κ1) is 30.5. The summed E-state index contributed by atoms with van der Waals surface area (Å²) >= 11 is 0. The summed E-state index contributed by atoms with van der Waals surface area (Å²) < 4.78 is 38.1. The maximum Gasteiger partial charge on any atom is 0.362 e. The number of hydrogen-bond acceptors (Lipinski definition) is 12. The van der Waals surface area contributed by atoms with Crippen LogP contribution in [-0.2, 0) is 24.0 Å². The van der Waals surface area contributed by atoms with Crippen LogP contribution in [-0.4, -0.2) is 75.5 Å². The van der Waals surface area contributed by atoms with E-state index in [1.165, 1.54) is 17.2 Å². The van der Waals surface area contributed by atoms with Crippen molar-refractivity contribution in [2.45, 2.75) is 88.7 Å². The van der Waals surface area contributed by atoms with Crippen molar-refractivity contribution in [2.75, 3.05) is 18.9 Å². The molecule has 39 heavy (non-hydrogen) atoms. The number of nitrogens with one attached hydrogen (secondary N) is 1. The zero-order valence-corrected chi connectivity index (χ0v) is 22.3. The van der Waals surface area contributed by atoms with Gasteiger partial charge in [0.1, 0.15) is 30.2 Å². The lowest BCUT2D eigenvalue weighted by molar-refractivity contribution is -0.119. The van der Waals surface area contributed by atoms with Gasteiger partial charge < -0.3 is 20.7 Å². The SMILES string of the molecule is [N-]=[N+]=NCCCCCCCCCCCC(=O)NS(=O)(=O)OC[C@H]1O[C@@H](n2cnc3c(N)ncnc32)[C@H](O)[C@@H]1O. The number of carbonyl (C=O) groups is 1. The Kier molecular flexibility index (Phi) is 11.6. The Labute approximate surface area is 225 Å². The van der Waals surface area contributed by atoms with Gasteiger partial charge in [0, 0.05) is 17.9 Å². The quantitative estimate of drug-likeness (QED) is 0.0922. The molecule has 4 atom stereocenters. The molecule has 0 radical (unpaired) electrons. The Morgan fingerprint density at radius 1 is 1.10 bits per heavy atom. The van der Waals surface area contributed by atoms with E-state index >= 15 is 0 Å². The average Bonchev–Trinajstić information content (AvgIpc) is 3.45. The summed E-state index contributed by atoms with van der Waals surface area (Å²) in [4.78, 5) is 26.8. The molecule has 0 spiro atoms. The number of aromatic nitrogens is 4. The van der Waals surface area contributed by atoms with Crippen molar-refractivity contribution in [1.29, 1.82) is 0 Å². The molecular formula is C22H35N9O7S. The van der Waals surface area contributed by atoms with E-state index in [-0.39, 0.29) is 23.4 Å². The van der Waals surface area contributed by atoms with Crippen molar-refractivity contribution in [3.05, 3.63) is 23.1 Å². The van der Waals surface area contributed by atoms with Gasteiger partial charge in [0.05, 0.1) is 12.9 Å². The highest BCUT2D eigenvalue weighted by atomic mass is 32.2. The first-order valence-corrected chi connectivity index (χ1v) is 14.3. The van der Waals surface area contributed by atoms with Crippen LogP contribution in [0.5, 0.6) is 0 Å². The number of azide groups is 1. The van der Waals surface area contributed by atoms with Gasteiger partial charge in [0.25, 0.3) is 0 Å². The number of unbranched alkanes of at least 4 members (excludes halogenated alkanes) is 8. The smallest absolute Gasteiger partial charge is 0.362 e. The van der Waals surface area contributed by atoms with Crippen molar-refractivity contribution >= 4 is 33.2 Å². The minimum atomic E-state index is -4.44. The van der Waals surface area contributed by atoms with E-state index in [9.17, 15) is 23.4 Å². The molecule has 16 nitrogen and oxygen atoms in total. The van der Waals surface area contributed by atoms with Crippen LogP contribution in [0.4, 0.5) is 5.82 Å². The summed E-state index contributed by atoms with van der Waals surface area (Å²) in [7, 11) is -4.44. The molecule has 1 amide bonds. The van der Waals surface area contributed by atoms with Gasteiger partial charge in [0.2, 0.25) is 5.91 Å². The second kappa shape index (κ2) is 14.9. The molecule has 2 aromatic heterocycles. The highest BCUT2D eigenvalue weighted by Crippen LogP contribution is 2.32. The van der Waals surface area contributed by atoms with Crippen molar-refractivity contribution in [2.24, 2.45) is 5.11 Å². The predicted molar refractivity (Wildman–Crippen MR) is 139 cm³/mol. The number of anilines is 1. The number of hydrogen-bond donors (Lipinski definition) is 4. The lowest BCUT2D eigenvalue weighted by Crippen LogP contribution is -2.37. The Morgan fingerprint density at radius 2 is 1.77 bits per heavy atom. The third kappa shape index (κ3) is 8.98. The number of nitrogens with zero attached hydrogens (tertiary/aromatic N) is 7. The first-order chi connectivity index (χ1) is 18.7. The van der Waals surface area contributed by atoms with Crippen molar-refractivity contribution in [3.63, 3.8) is 0 Å². The highest BCUT2D eigenvalue weighted by molar-refractivity contribution is 7.85. The van der Waals surface area contributed by atoms with E-state index in [1.54, 1.807) is 0 Å². The molecule has 1 aliphatic heterocycles. The molecule has 1 fully saturated rings. The largest absolute Gasteiger partial charge is 0.387 e. The van der Waals surface area contributed by atoms with Gasteiger partial charge in [-0.25, -0.2) is 19.7 Å². The Hall–Kier alpha value is -3.08. The molecule has 3 rings (SSSR count). The Balaban J connectivity index is 1.33. The standard InChI is InChI=1S/C22H35N9O7S/c23-20-17-21(26-13-25-20)31(14-27-17)22-19(34)18(33)15(38-22)12-37-39(35,36)29-16(32)10-8-6-4-2-1-3-5-7-9-11-28-30-24/h13-15,18-19,22,33-34H,1-12H2,(H,29,32)(H2,23,25,26)/t15-,18-,19-,22-/m1/s1. The molecule has 216 valence electrons. The summed E-state index contributed by atoms with van der Waals surface area (Å²) in [6.07, 6.45) is 5.83. The molecule has 17 heteroatoms. The monoisotopic (exact) mass is 569 g/mol. The fourth-order valence-electron chi connectivity index (χ4n) is 4.28. The van der Waals surface area contributed by atoms with Crippen LogP contribution in [0.25, 0.3) is 21.6 Å². The van der Waals surface area contributed by atoms with Crippen LogP contribution in [0, 0.1) is 0 Å². The van der Waals surface area contributed by atoms with Gasteiger partial charge >= 0.3 is 10.3 Å². The fraction of sp³-hybridized carbons (Fsp3) is 0.727. The minimum absolute atomic E-state index is 0.0318. The van der Waals surface area contributed by atoms with Gasteiger partial charge in [-0.3, -0.25) is 13.5 Å². The number of carbonyl (C=O) groups excluding carboxylic acids is 1. The first-order valence-electron chi connectivity index (χ1n) is 12.9. The number of imidazole rings is 1. The Bertz CT molecular complexity index is 1240. The number of nitrogens with two attached hydrogens (primary N) is 1. The normalized spacial score (nSPS) is 21.2. The maximum atomic E-state index is 12.2. The van der Waals surface area contributed by atoms with E-state index in [1.807, 2.05) is 4.72 Å². The number of aliphatic hydroxyl groups excluding tert-OH is 2. The zero-order valence-electron chi connectivity index (χ0n) is 21.5. The molecule has 1 aliphatic rings. The third-order valence-electron chi connectivity index (χ3n) is 6.35. The number of ether oxygens (including phenoxy) is 1. The molecule has 2 aromatic rings. The van der Waals surface area contributed by atoms with Crippen LogP contribution >= 0.6 is 0 Å². The van der Waals surface area contributed by atoms with Crippen LogP contribution in [0.15, 0.2) is 17.8 Å². The topological polar surface area (TPSA) is 241 Å². The van der Waals surface area contributed by atoms with E-state index < -0.39 is 47.4 Å². The van der Waals surface area contributed by atoms with Crippen molar-refractivity contribution in [1.82, 2.24) is 24.2 Å². The van der Waals surface area contributed by atoms with E-state index in [0.29, 0.717) is 13.0 Å². The minimum Gasteiger partial charge on any atom is -0.387 e. The number of aliphatic hydroxyl groups is 2. The molecule has 0 saturated carbocycles. The summed E-state index contributed by atoms with van der Waals surface area (Å²) in [6.45, 7) is -0.0950. The molecule has 0 aliphatic carbocycles. The molecule has 5 N–H and O–H groups in total. The summed E-state index contributed by atoms with van der Waals surface area (Å²) in [5, 5.41) is 24.3. The number of amides is 1. The molecule has 1 saturated heterocycles. The van der Waals surface area contributed by atoms with Crippen molar-refractivity contribution in [3.8, 4) is 0 Å². The third-order valence-corrected chi connectivity index (χ3v) is 7.27. The second-order valence-electron chi connectivity index (χ2n) is 9.28. The number of nitrogen functional groups attached to an aromatic ring is 1. The van der Waals surface area contributed by atoms with Crippen LogP contribution < -0.4 is 10.5 Å². The number of fused-ring (bicyclic) bond motifs is 1. The van der Waals surface area contributed by atoms with Crippen LogP contribution in [0.3, 0.4) is 0 Å². The van der Waals surface area contributed by atoms with Gasteiger partial charge in [-0.1, -0.05) is 50.1 Å². The summed E-state index contributed by atoms with van der Waals surface area (Å²) in [5.41, 5.74) is 14.5. The summed E-state index contributed by atoms with van der Waals surface area (Å²) in [6, 6.07) is 0. The van der Waals surface area contributed by atoms with Gasteiger partial charge in [-0.15, -0.1) is 0 Å². The highest BCUT2D eigenvalue weighted by Gasteiger charge is 2.45. The predicted octanol–water partition coefficient (Wildman–Crippen LogP) is 1.62. The van der Waals surface area contributed by atoms with E-state index in [4.69, 9.17) is 20.2 Å². The molecule has 0 bridgehead atoms. The molecular weight excluding hydrogens is 534 g/mol. The second-order valence-corrected chi connectivity index (χ2v) is 10.6. The number of rotatable bonds is 17. The van der Waals surface area contributed by atoms with Gasteiger partial charge in [0.15, 0.2) is 17.7 Å². The fourth-order valence-corrected chi connectivity index (χ4v) is 5.03. The van der Waals surface area contributed by atoms with Gasteiger partial charge in [-0.2, -0.15) is 8.42 Å². The maximum absolute atomic E-state index is 12.2. The average molecular weight is 570 g/mol. The van der Waals surface area contributed by atoms with Gasteiger partial charge in [-0.05, 0) is 18.4 Å². The van der Waals surface area contributed by atoms with Crippen LogP contribution in [0.1, 0.15) is 70.4 Å². The van der Waals surface area contributed by atoms with Crippen molar-refractivity contribution < 1.29 is 32.3 Å². The van der Waals surface area contributed by atoms with Crippen LogP contribution in [0.2, 0.25) is 0 Å². The van der Waals surface area contributed by atoms with E-state index in [2.05, 4.69) is 25.0 Å². The zero-order chi connectivity index (χ0) is 28.3. The molecule has 0 unspecified atom stereocenters. The molecule has 3 heterocycles. The molecule has 0 aromatic carbocycles.